The van der Waals surface area contributed by atoms with Crippen molar-refractivity contribution in [3.63, 3.8) is 0 Å². The molecule has 0 heterocycles. The molecule has 8 heteroatoms. The first-order valence-electron chi connectivity index (χ1n) is 7.28. The van der Waals surface area contributed by atoms with Gasteiger partial charge < -0.3 is 15.2 Å². The maximum absolute atomic E-state index is 12.0. The van der Waals surface area contributed by atoms with Crippen LogP contribution in [0.2, 0.25) is 0 Å². The van der Waals surface area contributed by atoms with E-state index in [1.165, 1.54) is 13.8 Å². The number of hydrogen-bond acceptors (Lipinski definition) is 5. The Hall–Kier alpha value is -1.15. The number of amides is 1. The van der Waals surface area contributed by atoms with Crippen LogP contribution in [0.25, 0.3) is 0 Å². The zero-order chi connectivity index (χ0) is 17.3. The van der Waals surface area contributed by atoms with E-state index in [1.807, 2.05) is 6.92 Å². The van der Waals surface area contributed by atoms with Crippen LogP contribution in [0.5, 0.6) is 0 Å². The lowest BCUT2D eigenvalue weighted by molar-refractivity contribution is -0.194. The van der Waals surface area contributed by atoms with Gasteiger partial charge in [-0.05, 0) is 20.8 Å². The molecular formula is C14H25NO6S. The van der Waals surface area contributed by atoms with Gasteiger partial charge in [0.1, 0.15) is 11.3 Å². The lowest BCUT2D eigenvalue weighted by atomic mass is 9.54. The molecule has 0 radical (unpaired) electrons. The number of rotatable bonds is 7. The molecule has 1 fully saturated rings. The molecule has 0 saturated heterocycles. The minimum Gasteiger partial charge on any atom is -0.479 e. The summed E-state index contributed by atoms with van der Waals surface area (Å²) < 4.78 is 29.1. The number of aliphatic carboxylic acids is 1. The average molecular weight is 335 g/mol. The van der Waals surface area contributed by atoms with Gasteiger partial charge in [0.15, 0.2) is 9.84 Å². The second-order valence-corrected chi connectivity index (χ2v) is 9.04. The monoisotopic (exact) mass is 335 g/mol. The summed E-state index contributed by atoms with van der Waals surface area (Å²) in [5, 5.41) is 11.3. The Kier molecular flexibility index (Phi) is 5.29. The Bertz CT molecular complexity index is 554. The molecule has 128 valence electrons. The van der Waals surface area contributed by atoms with Gasteiger partial charge in [-0.1, -0.05) is 13.8 Å². The molecule has 0 aromatic heterocycles. The van der Waals surface area contributed by atoms with E-state index in [0.29, 0.717) is 6.61 Å². The molecule has 1 aliphatic carbocycles. The van der Waals surface area contributed by atoms with E-state index in [1.54, 1.807) is 13.8 Å². The molecule has 2 unspecified atom stereocenters. The first-order valence-corrected chi connectivity index (χ1v) is 9.00. The van der Waals surface area contributed by atoms with Crippen molar-refractivity contribution in [1.82, 2.24) is 5.32 Å². The molecule has 22 heavy (non-hydrogen) atoms. The lowest BCUT2D eigenvalue weighted by Gasteiger charge is -2.58. The Morgan fingerprint density at radius 1 is 1.36 bits per heavy atom. The van der Waals surface area contributed by atoms with Crippen LogP contribution in [0.3, 0.4) is 0 Å². The van der Waals surface area contributed by atoms with Gasteiger partial charge in [0.05, 0.1) is 11.4 Å². The van der Waals surface area contributed by atoms with Crippen LogP contribution in [0.4, 0.5) is 0 Å². The van der Waals surface area contributed by atoms with Crippen LogP contribution in [-0.4, -0.2) is 54.7 Å². The quantitative estimate of drug-likeness (QED) is 0.704. The van der Waals surface area contributed by atoms with Gasteiger partial charge in [-0.25, -0.2) is 13.2 Å². The maximum atomic E-state index is 12.0. The minimum atomic E-state index is -3.58. The molecule has 1 rings (SSSR count). The van der Waals surface area contributed by atoms with Gasteiger partial charge >= 0.3 is 5.97 Å². The third kappa shape index (κ3) is 3.12. The highest BCUT2D eigenvalue weighted by atomic mass is 32.2. The highest BCUT2D eigenvalue weighted by Crippen LogP contribution is 2.51. The summed E-state index contributed by atoms with van der Waals surface area (Å²) in [6, 6.07) is 0. The molecule has 1 saturated carbocycles. The van der Waals surface area contributed by atoms with Crippen LogP contribution in [0.1, 0.15) is 41.0 Å². The maximum Gasteiger partial charge on any atom is 0.330 e. The summed E-state index contributed by atoms with van der Waals surface area (Å²) in [5.74, 6) is -2.68. The number of carbonyl (C=O) groups is 2. The Morgan fingerprint density at radius 2 is 1.91 bits per heavy atom. The van der Waals surface area contributed by atoms with Crippen LogP contribution in [0.15, 0.2) is 0 Å². The van der Waals surface area contributed by atoms with Gasteiger partial charge in [-0.3, -0.25) is 4.79 Å². The fraction of sp³-hybridized carbons (Fsp3) is 0.857. The molecule has 7 nitrogen and oxygen atoms in total. The average Bonchev–Trinajstić information content (AvgIpc) is 2.35. The largest absolute Gasteiger partial charge is 0.479 e. The van der Waals surface area contributed by atoms with Crippen molar-refractivity contribution < 1.29 is 27.9 Å². The first-order chi connectivity index (χ1) is 9.90. The van der Waals surface area contributed by atoms with E-state index < -0.39 is 43.7 Å². The van der Waals surface area contributed by atoms with Gasteiger partial charge in [0, 0.05) is 18.4 Å². The molecule has 0 aliphatic heterocycles. The lowest BCUT2D eigenvalue weighted by Crippen LogP contribution is -2.76. The second-order valence-electron chi connectivity index (χ2n) is 6.48. The normalized spacial score (nSPS) is 27.3. The van der Waals surface area contributed by atoms with Crippen molar-refractivity contribution in [3.05, 3.63) is 0 Å². The van der Waals surface area contributed by atoms with Gasteiger partial charge in [-0.15, -0.1) is 0 Å². The van der Waals surface area contributed by atoms with Crippen molar-refractivity contribution in [2.45, 2.75) is 57.9 Å². The highest BCUT2D eigenvalue weighted by molar-refractivity contribution is 7.92. The molecule has 1 amide bonds. The minimum absolute atomic E-state index is 0.122. The number of carboxylic acid groups (broad SMARTS) is 1. The topological polar surface area (TPSA) is 110 Å². The number of nitrogens with one attached hydrogen (secondary N) is 1. The van der Waals surface area contributed by atoms with Crippen molar-refractivity contribution in [2.75, 3.05) is 12.4 Å². The van der Waals surface area contributed by atoms with Crippen molar-refractivity contribution >= 4 is 21.7 Å². The van der Waals surface area contributed by atoms with E-state index in [0.717, 1.165) is 0 Å². The molecule has 0 spiro atoms. The fourth-order valence-electron chi connectivity index (χ4n) is 2.66. The standard InChI is InChI=1S/C14H25NO6S/c1-6-21-10-7-14(12(17)18,13(10,4)5)15-11(16)8-22(19,20)9(2)3/h9-10H,6-8H2,1-5H3,(H,15,16)(H,17,18). The molecular weight excluding hydrogens is 310 g/mol. The van der Waals surface area contributed by atoms with E-state index in [-0.39, 0.29) is 12.5 Å². The zero-order valence-electron chi connectivity index (χ0n) is 13.7. The summed E-state index contributed by atoms with van der Waals surface area (Å²) in [7, 11) is -3.58. The van der Waals surface area contributed by atoms with Crippen LogP contribution < -0.4 is 5.32 Å². The van der Waals surface area contributed by atoms with Gasteiger partial charge in [0.25, 0.3) is 0 Å². The summed E-state index contributed by atoms with van der Waals surface area (Å²) in [5.41, 5.74) is -2.33. The van der Waals surface area contributed by atoms with Crippen LogP contribution in [-0.2, 0) is 24.2 Å². The van der Waals surface area contributed by atoms with Crippen LogP contribution in [0, 0.1) is 5.41 Å². The van der Waals surface area contributed by atoms with Gasteiger partial charge in [-0.2, -0.15) is 0 Å². The number of carbonyl (C=O) groups excluding carboxylic acids is 1. The molecule has 0 aromatic carbocycles. The number of sulfone groups is 1. The second kappa shape index (κ2) is 6.16. The molecule has 1 aliphatic rings. The smallest absolute Gasteiger partial charge is 0.330 e. The van der Waals surface area contributed by atoms with E-state index in [4.69, 9.17) is 4.74 Å². The van der Waals surface area contributed by atoms with Crippen molar-refractivity contribution in [3.8, 4) is 0 Å². The predicted molar refractivity (Wildman–Crippen MR) is 81.2 cm³/mol. The highest BCUT2D eigenvalue weighted by Gasteiger charge is 2.66. The number of hydrogen-bond donors (Lipinski definition) is 2. The zero-order valence-corrected chi connectivity index (χ0v) is 14.5. The fourth-order valence-corrected chi connectivity index (χ4v) is 3.43. The molecule has 2 N–H and O–H groups in total. The first kappa shape index (κ1) is 18.9. The molecule has 2 atom stereocenters. The Labute approximate surface area is 131 Å². The number of carboxylic acids is 1. The molecule has 0 aromatic rings. The molecule has 0 bridgehead atoms. The van der Waals surface area contributed by atoms with Gasteiger partial charge in [0.2, 0.25) is 5.91 Å². The Balaban J connectivity index is 2.92. The van der Waals surface area contributed by atoms with Crippen molar-refractivity contribution in [1.29, 1.82) is 0 Å². The number of ether oxygens (including phenoxy) is 1. The summed E-state index contributed by atoms with van der Waals surface area (Å²) >= 11 is 0. The van der Waals surface area contributed by atoms with E-state index >= 15 is 0 Å². The van der Waals surface area contributed by atoms with Crippen LogP contribution >= 0.6 is 0 Å². The summed E-state index contributed by atoms with van der Waals surface area (Å²) in [6.07, 6.45) is -0.174. The van der Waals surface area contributed by atoms with Crippen molar-refractivity contribution in [2.24, 2.45) is 5.41 Å². The third-order valence-electron chi connectivity index (χ3n) is 4.53. The predicted octanol–water partition coefficient (Wildman–Crippen LogP) is 0.584. The summed E-state index contributed by atoms with van der Waals surface area (Å²) in [4.78, 5) is 23.7. The van der Waals surface area contributed by atoms with E-state index in [2.05, 4.69) is 5.32 Å². The van der Waals surface area contributed by atoms with E-state index in [9.17, 15) is 23.1 Å². The SMILES string of the molecule is CCOC1CC(NC(=O)CS(=O)(=O)C(C)C)(C(=O)O)C1(C)C. The Morgan fingerprint density at radius 3 is 2.27 bits per heavy atom. The third-order valence-corrected chi connectivity index (χ3v) is 6.63. The summed E-state index contributed by atoms with van der Waals surface area (Å²) in [6.45, 7) is 8.61.